The van der Waals surface area contributed by atoms with Crippen molar-refractivity contribution < 1.29 is 13.9 Å². The molecule has 8 heteroatoms. The average molecular weight is 564 g/mol. The molecule has 0 aliphatic heterocycles. The molecule has 3 aromatic heterocycles. The van der Waals surface area contributed by atoms with E-state index >= 15 is 0 Å². The van der Waals surface area contributed by atoms with Gasteiger partial charge < -0.3 is 9.15 Å². The highest BCUT2D eigenvalue weighted by molar-refractivity contribution is 5.96. The number of pyridine rings is 1. The summed E-state index contributed by atoms with van der Waals surface area (Å²) < 4.78 is 13.9. The van der Waals surface area contributed by atoms with Crippen molar-refractivity contribution >= 4 is 34.0 Å². The lowest BCUT2D eigenvalue weighted by molar-refractivity contribution is 0.0955. The molecule has 43 heavy (non-hydrogen) atoms. The normalized spacial score (nSPS) is 11.3. The molecule has 4 aromatic carbocycles. The summed E-state index contributed by atoms with van der Waals surface area (Å²) in [5.41, 5.74) is 7.81. The summed E-state index contributed by atoms with van der Waals surface area (Å²) in [4.78, 5) is 17.3. The molecule has 0 aliphatic carbocycles. The number of amides is 1. The molecule has 208 valence electrons. The van der Waals surface area contributed by atoms with Crippen LogP contribution in [0.25, 0.3) is 39.0 Å². The molecule has 7 rings (SSSR count). The number of nitrogens with zero attached hydrogens (tertiary/aromatic N) is 4. The van der Waals surface area contributed by atoms with Crippen molar-refractivity contribution in [2.75, 3.05) is 0 Å². The quantitative estimate of drug-likeness (QED) is 0.156. The molecule has 0 radical (unpaired) electrons. The SMILES string of the molecule is O=C(NN=Cc1cn(-c2ccccc2)nc1-c1cc2ccccc2o1)c1ccc(COc2cccc3cccnc23)cc1. The predicted octanol–water partition coefficient (Wildman–Crippen LogP) is 7.18. The van der Waals surface area contributed by atoms with Crippen LogP contribution in [0.4, 0.5) is 0 Å². The summed E-state index contributed by atoms with van der Waals surface area (Å²) in [6.07, 6.45) is 5.18. The van der Waals surface area contributed by atoms with E-state index in [1.54, 1.807) is 29.2 Å². The summed E-state index contributed by atoms with van der Waals surface area (Å²) >= 11 is 0. The summed E-state index contributed by atoms with van der Waals surface area (Å²) in [5.74, 6) is 0.996. The minimum Gasteiger partial charge on any atom is -0.487 e. The number of carbonyl (C=O) groups is 1. The van der Waals surface area contributed by atoms with E-state index in [1.165, 1.54) is 0 Å². The first kappa shape index (κ1) is 25.9. The van der Waals surface area contributed by atoms with Crippen LogP contribution in [0.15, 0.2) is 137 Å². The van der Waals surface area contributed by atoms with Crippen LogP contribution in [0, 0.1) is 0 Å². The van der Waals surface area contributed by atoms with E-state index in [4.69, 9.17) is 14.3 Å². The maximum absolute atomic E-state index is 12.9. The first-order valence-corrected chi connectivity index (χ1v) is 13.7. The van der Waals surface area contributed by atoms with Gasteiger partial charge in [-0.2, -0.15) is 10.2 Å². The summed E-state index contributed by atoms with van der Waals surface area (Å²) in [6, 6.07) is 36.5. The van der Waals surface area contributed by atoms with Gasteiger partial charge in [-0.05, 0) is 54.1 Å². The number of carbonyl (C=O) groups excluding carboxylic acids is 1. The zero-order chi connectivity index (χ0) is 29.0. The van der Waals surface area contributed by atoms with Crippen molar-refractivity contribution in [1.29, 1.82) is 0 Å². The van der Waals surface area contributed by atoms with Gasteiger partial charge in [-0.25, -0.2) is 10.1 Å². The van der Waals surface area contributed by atoms with Crippen LogP contribution in [-0.2, 0) is 6.61 Å². The molecule has 1 N–H and O–H groups in total. The molecule has 0 unspecified atom stereocenters. The summed E-state index contributed by atoms with van der Waals surface area (Å²) in [6.45, 7) is 0.353. The highest BCUT2D eigenvalue weighted by Crippen LogP contribution is 2.29. The smallest absolute Gasteiger partial charge is 0.271 e. The Morgan fingerprint density at radius 1 is 0.884 bits per heavy atom. The Balaban J connectivity index is 1.06. The van der Waals surface area contributed by atoms with Gasteiger partial charge in [-0.15, -0.1) is 0 Å². The molecule has 1 amide bonds. The summed E-state index contributed by atoms with van der Waals surface area (Å²) in [7, 11) is 0. The Morgan fingerprint density at radius 2 is 1.67 bits per heavy atom. The van der Waals surface area contributed by atoms with Crippen LogP contribution in [0.1, 0.15) is 21.5 Å². The van der Waals surface area contributed by atoms with Crippen LogP contribution >= 0.6 is 0 Å². The fourth-order valence-corrected chi connectivity index (χ4v) is 4.82. The molecule has 0 bridgehead atoms. The van der Waals surface area contributed by atoms with E-state index in [9.17, 15) is 4.79 Å². The number of fused-ring (bicyclic) bond motifs is 2. The number of hydrogen-bond donors (Lipinski definition) is 1. The van der Waals surface area contributed by atoms with Crippen molar-refractivity contribution in [3.8, 4) is 22.9 Å². The minimum absolute atomic E-state index is 0.331. The van der Waals surface area contributed by atoms with Gasteiger partial charge in [0.05, 0.1) is 11.9 Å². The highest BCUT2D eigenvalue weighted by atomic mass is 16.5. The third kappa shape index (κ3) is 5.49. The Hall–Kier alpha value is -6.02. The lowest BCUT2D eigenvalue weighted by atomic mass is 10.1. The number of benzene rings is 4. The molecule has 3 heterocycles. The number of rotatable bonds is 8. The van der Waals surface area contributed by atoms with Gasteiger partial charge in [0.15, 0.2) is 5.76 Å². The van der Waals surface area contributed by atoms with E-state index in [-0.39, 0.29) is 5.91 Å². The standard InChI is InChI=1S/C35H25N5O3/c41-35(26-17-15-24(16-18-26)23-42-31-14-6-9-25-10-7-19-36-33(25)31)38-37-21-28-22-40(29-11-2-1-3-12-29)39-34(28)32-20-27-8-4-5-13-30(27)43-32/h1-22H,23H2,(H,38,41). The minimum atomic E-state index is -0.331. The molecule has 8 nitrogen and oxygen atoms in total. The number of para-hydroxylation sites is 3. The Labute approximate surface area is 246 Å². The largest absolute Gasteiger partial charge is 0.487 e. The van der Waals surface area contributed by atoms with Gasteiger partial charge in [0.2, 0.25) is 0 Å². The second-order valence-corrected chi connectivity index (χ2v) is 9.88. The number of nitrogens with one attached hydrogen (secondary N) is 1. The Kier molecular flexibility index (Phi) is 6.91. The van der Waals surface area contributed by atoms with Crippen LogP contribution in [0.3, 0.4) is 0 Å². The number of aromatic nitrogens is 3. The van der Waals surface area contributed by atoms with Crippen LogP contribution in [0.2, 0.25) is 0 Å². The van der Waals surface area contributed by atoms with Crippen LogP contribution in [-0.4, -0.2) is 26.9 Å². The second kappa shape index (κ2) is 11.5. The first-order valence-electron chi connectivity index (χ1n) is 13.7. The number of hydrazone groups is 1. The zero-order valence-electron chi connectivity index (χ0n) is 22.9. The number of hydrogen-bond acceptors (Lipinski definition) is 6. The van der Waals surface area contributed by atoms with Gasteiger partial charge in [0.25, 0.3) is 5.91 Å². The third-order valence-corrected chi connectivity index (χ3v) is 7.00. The molecule has 0 fully saturated rings. The Bertz CT molecular complexity index is 2040. The van der Waals surface area contributed by atoms with Gasteiger partial charge in [0, 0.05) is 34.3 Å². The van der Waals surface area contributed by atoms with Crippen molar-refractivity contribution in [3.05, 3.63) is 144 Å². The predicted molar refractivity (Wildman–Crippen MR) is 166 cm³/mol. The number of ether oxygens (including phenoxy) is 1. The molecular formula is C35H25N5O3. The van der Waals surface area contributed by atoms with E-state index in [1.807, 2.05) is 109 Å². The van der Waals surface area contributed by atoms with Crippen molar-refractivity contribution in [2.45, 2.75) is 6.61 Å². The maximum atomic E-state index is 12.9. The summed E-state index contributed by atoms with van der Waals surface area (Å²) in [5, 5.41) is 11.0. The van der Waals surface area contributed by atoms with Gasteiger partial charge in [-0.1, -0.05) is 66.7 Å². The molecule has 0 atom stereocenters. The molecular weight excluding hydrogens is 538 g/mol. The Morgan fingerprint density at radius 3 is 2.53 bits per heavy atom. The molecule has 0 saturated carbocycles. The first-order chi connectivity index (χ1) is 21.2. The molecule has 0 spiro atoms. The second-order valence-electron chi connectivity index (χ2n) is 9.88. The molecule has 7 aromatic rings. The average Bonchev–Trinajstić information content (AvgIpc) is 3.69. The van der Waals surface area contributed by atoms with Crippen molar-refractivity contribution in [1.82, 2.24) is 20.2 Å². The van der Waals surface area contributed by atoms with Crippen LogP contribution in [0.5, 0.6) is 5.75 Å². The van der Waals surface area contributed by atoms with Gasteiger partial charge in [0.1, 0.15) is 29.2 Å². The maximum Gasteiger partial charge on any atom is 0.271 e. The topological polar surface area (TPSA) is 94.5 Å². The fraction of sp³-hybridized carbons (Fsp3) is 0.0286. The third-order valence-electron chi connectivity index (χ3n) is 7.00. The molecule has 0 saturated heterocycles. The van der Waals surface area contributed by atoms with E-state index in [0.29, 0.717) is 34.9 Å². The fourth-order valence-electron chi connectivity index (χ4n) is 4.82. The van der Waals surface area contributed by atoms with E-state index in [2.05, 4.69) is 15.5 Å². The lowest BCUT2D eigenvalue weighted by Crippen LogP contribution is -2.17. The van der Waals surface area contributed by atoms with Crippen LogP contribution < -0.4 is 10.2 Å². The number of furan rings is 1. The van der Waals surface area contributed by atoms with E-state index < -0.39 is 0 Å². The van der Waals surface area contributed by atoms with Crippen molar-refractivity contribution in [3.63, 3.8) is 0 Å². The zero-order valence-corrected chi connectivity index (χ0v) is 22.9. The van der Waals surface area contributed by atoms with Crippen molar-refractivity contribution in [2.24, 2.45) is 5.10 Å². The lowest BCUT2D eigenvalue weighted by Gasteiger charge is -2.09. The van der Waals surface area contributed by atoms with E-state index in [0.717, 1.165) is 33.1 Å². The molecule has 0 aliphatic rings. The highest BCUT2D eigenvalue weighted by Gasteiger charge is 2.16. The van der Waals surface area contributed by atoms with Gasteiger partial charge >= 0.3 is 0 Å². The van der Waals surface area contributed by atoms with Gasteiger partial charge in [-0.3, -0.25) is 9.78 Å². The monoisotopic (exact) mass is 563 g/mol.